The summed E-state index contributed by atoms with van der Waals surface area (Å²) in [5, 5.41) is 0. The lowest BCUT2D eigenvalue weighted by Crippen LogP contribution is -2.51. The molecular formula is C7H5F7O. The fraction of sp³-hybridized carbons (Fsp3) is 0.571. The van der Waals surface area contributed by atoms with Gasteiger partial charge in [-0.3, -0.25) is 4.79 Å². The Bertz CT molecular complexity index is 265. The number of hydrogen-bond acceptors (Lipinski definition) is 1. The summed E-state index contributed by atoms with van der Waals surface area (Å²) in [6.07, 6.45) is -7.52. The molecule has 88 valence electrons. The van der Waals surface area contributed by atoms with Crippen molar-refractivity contribution in [3.63, 3.8) is 0 Å². The van der Waals surface area contributed by atoms with E-state index in [0.29, 0.717) is 6.08 Å². The van der Waals surface area contributed by atoms with Gasteiger partial charge in [-0.25, -0.2) is 0 Å². The van der Waals surface area contributed by atoms with Crippen molar-refractivity contribution in [2.45, 2.75) is 24.4 Å². The van der Waals surface area contributed by atoms with Gasteiger partial charge in [0.2, 0.25) is 0 Å². The molecule has 0 spiro atoms. The molecular weight excluding hydrogens is 233 g/mol. The van der Waals surface area contributed by atoms with Crippen LogP contribution in [0.3, 0.4) is 0 Å². The van der Waals surface area contributed by atoms with Crippen LogP contribution in [0.5, 0.6) is 0 Å². The predicted molar refractivity (Wildman–Crippen MR) is 35.8 cm³/mol. The van der Waals surface area contributed by atoms with E-state index >= 15 is 0 Å². The topological polar surface area (TPSA) is 17.1 Å². The number of Topliss-reactive ketones (excluding diaryl/α,β-unsaturated/α-hetero) is 1. The van der Waals surface area contributed by atoms with Crippen LogP contribution in [0, 0.1) is 0 Å². The molecule has 0 bridgehead atoms. The zero-order valence-electron chi connectivity index (χ0n) is 7.05. The molecule has 0 radical (unpaired) electrons. The Morgan fingerprint density at radius 3 is 1.73 bits per heavy atom. The average Bonchev–Trinajstić information content (AvgIpc) is 2.00. The quantitative estimate of drug-likeness (QED) is 0.543. The van der Waals surface area contributed by atoms with Crippen molar-refractivity contribution in [2.24, 2.45) is 0 Å². The fourth-order valence-electron chi connectivity index (χ4n) is 0.632. The standard InChI is InChI=1S/C7H5F7O/c1-2-3-5(8,9)4(15)6(10,11)7(12,13)14/h2H,1,3H2. The number of carbonyl (C=O) groups is 1. The van der Waals surface area contributed by atoms with Crippen molar-refractivity contribution >= 4 is 5.78 Å². The van der Waals surface area contributed by atoms with Gasteiger partial charge in [0.1, 0.15) is 0 Å². The summed E-state index contributed by atoms with van der Waals surface area (Å²) in [4.78, 5) is 10.3. The highest BCUT2D eigenvalue weighted by Gasteiger charge is 2.68. The summed E-state index contributed by atoms with van der Waals surface area (Å²) in [5.74, 6) is -14.3. The van der Waals surface area contributed by atoms with E-state index in [9.17, 15) is 35.5 Å². The minimum atomic E-state index is -6.32. The molecule has 0 rings (SSSR count). The molecule has 0 aliphatic heterocycles. The lowest BCUT2D eigenvalue weighted by molar-refractivity contribution is -0.277. The maximum absolute atomic E-state index is 12.4. The van der Waals surface area contributed by atoms with Crippen molar-refractivity contribution in [3.05, 3.63) is 12.7 Å². The first-order valence-electron chi connectivity index (χ1n) is 3.45. The smallest absolute Gasteiger partial charge is 0.286 e. The Balaban J connectivity index is 5.09. The number of alkyl halides is 7. The van der Waals surface area contributed by atoms with Crippen LogP contribution in [-0.2, 0) is 4.79 Å². The van der Waals surface area contributed by atoms with E-state index in [0.717, 1.165) is 0 Å². The van der Waals surface area contributed by atoms with E-state index in [4.69, 9.17) is 0 Å². The fourth-order valence-corrected chi connectivity index (χ4v) is 0.632. The molecule has 0 aromatic carbocycles. The number of allylic oxidation sites excluding steroid dienone is 1. The second kappa shape index (κ2) is 3.82. The molecule has 0 heterocycles. The van der Waals surface area contributed by atoms with Gasteiger partial charge in [0.05, 0.1) is 0 Å². The zero-order valence-corrected chi connectivity index (χ0v) is 7.05. The summed E-state index contributed by atoms with van der Waals surface area (Å²) >= 11 is 0. The van der Waals surface area contributed by atoms with Crippen molar-refractivity contribution in [3.8, 4) is 0 Å². The molecule has 15 heavy (non-hydrogen) atoms. The van der Waals surface area contributed by atoms with Crippen molar-refractivity contribution in [2.75, 3.05) is 0 Å². The average molecular weight is 238 g/mol. The number of halogens is 7. The number of hydrogen-bond donors (Lipinski definition) is 0. The van der Waals surface area contributed by atoms with Gasteiger partial charge in [-0.05, 0) is 0 Å². The van der Waals surface area contributed by atoms with Crippen molar-refractivity contribution < 1.29 is 35.5 Å². The number of ketones is 1. The summed E-state index contributed by atoms with van der Waals surface area (Å²) in [6.45, 7) is 2.71. The molecule has 8 heteroatoms. The molecule has 0 N–H and O–H groups in total. The molecule has 0 aromatic rings. The van der Waals surface area contributed by atoms with Gasteiger partial charge < -0.3 is 0 Å². The SMILES string of the molecule is C=CCC(F)(F)C(=O)C(F)(F)C(F)(F)F. The highest BCUT2D eigenvalue weighted by molar-refractivity contribution is 5.92. The van der Waals surface area contributed by atoms with Crippen LogP contribution in [0.25, 0.3) is 0 Å². The Morgan fingerprint density at radius 1 is 1.07 bits per heavy atom. The third kappa shape index (κ3) is 2.69. The minimum Gasteiger partial charge on any atom is -0.286 e. The van der Waals surface area contributed by atoms with Crippen LogP contribution in [0.1, 0.15) is 6.42 Å². The van der Waals surface area contributed by atoms with E-state index in [2.05, 4.69) is 6.58 Å². The van der Waals surface area contributed by atoms with Gasteiger partial charge >= 0.3 is 18.0 Å². The number of carbonyl (C=O) groups excluding carboxylic acids is 1. The molecule has 0 unspecified atom stereocenters. The lowest BCUT2D eigenvalue weighted by Gasteiger charge is -2.22. The maximum Gasteiger partial charge on any atom is 0.461 e. The van der Waals surface area contributed by atoms with Crippen molar-refractivity contribution in [1.82, 2.24) is 0 Å². The van der Waals surface area contributed by atoms with Crippen LogP contribution < -0.4 is 0 Å². The molecule has 0 saturated heterocycles. The Morgan fingerprint density at radius 2 is 1.47 bits per heavy atom. The molecule has 1 nitrogen and oxygen atoms in total. The zero-order chi connectivity index (χ0) is 12.5. The summed E-state index contributed by atoms with van der Waals surface area (Å²) in [7, 11) is 0. The summed E-state index contributed by atoms with van der Waals surface area (Å²) < 4.78 is 83.8. The van der Waals surface area contributed by atoms with E-state index in [-0.39, 0.29) is 0 Å². The van der Waals surface area contributed by atoms with E-state index in [1.54, 1.807) is 0 Å². The van der Waals surface area contributed by atoms with Crippen LogP contribution in [0.15, 0.2) is 12.7 Å². The normalized spacial score (nSPS) is 13.8. The van der Waals surface area contributed by atoms with Crippen LogP contribution in [-0.4, -0.2) is 23.8 Å². The molecule has 0 fully saturated rings. The van der Waals surface area contributed by atoms with Gasteiger partial charge in [0.15, 0.2) is 0 Å². The Kier molecular flexibility index (Phi) is 3.55. The van der Waals surface area contributed by atoms with Gasteiger partial charge in [0, 0.05) is 6.42 Å². The first-order chi connectivity index (χ1) is 6.47. The Labute approximate surface area is 79.6 Å². The van der Waals surface area contributed by atoms with Crippen LogP contribution >= 0.6 is 0 Å². The molecule has 0 atom stereocenters. The molecule has 0 saturated carbocycles. The third-order valence-electron chi connectivity index (χ3n) is 1.37. The van der Waals surface area contributed by atoms with E-state index in [1.807, 2.05) is 0 Å². The Hall–Kier alpha value is -1.08. The lowest BCUT2D eigenvalue weighted by atomic mass is 10.1. The molecule has 0 aliphatic rings. The van der Waals surface area contributed by atoms with E-state index in [1.165, 1.54) is 0 Å². The second-order valence-corrected chi connectivity index (χ2v) is 2.60. The monoisotopic (exact) mass is 238 g/mol. The van der Waals surface area contributed by atoms with Gasteiger partial charge in [-0.1, -0.05) is 6.08 Å². The molecule has 0 amide bonds. The third-order valence-corrected chi connectivity index (χ3v) is 1.37. The van der Waals surface area contributed by atoms with Crippen LogP contribution in [0.2, 0.25) is 0 Å². The molecule has 0 aliphatic carbocycles. The minimum absolute atomic E-state index is 0.379. The first kappa shape index (κ1) is 13.9. The van der Waals surface area contributed by atoms with E-state index < -0.39 is 30.2 Å². The predicted octanol–water partition coefficient (Wildman–Crippen LogP) is 2.96. The van der Waals surface area contributed by atoms with Gasteiger partial charge in [0.25, 0.3) is 5.78 Å². The van der Waals surface area contributed by atoms with Gasteiger partial charge in [-0.15, -0.1) is 6.58 Å². The summed E-state index contributed by atoms with van der Waals surface area (Å²) in [5.41, 5.74) is 0. The summed E-state index contributed by atoms with van der Waals surface area (Å²) in [6, 6.07) is 0. The highest BCUT2D eigenvalue weighted by atomic mass is 19.4. The largest absolute Gasteiger partial charge is 0.461 e. The van der Waals surface area contributed by atoms with Gasteiger partial charge in [-0.2, -0.15) is 30.7 Å². The first-order valence-corrected chi connectivity index (χ1v) is 3.45. The highest BCUT2D eigenvalue weighted by Crippen LogP contribution is 2.40. The maximum atomic E-state index is 12.4. The number of rotatable bonds is 4. The van der Waals surface area contributed by atoms with Crippen molar-refractivity contribution in [1.29, 1.82) is 0 Å². The second-order valence-electron chi connectivity index (χ2n) is 2.60. The van der Waals surface area contributed by atoms with Crippen LogP contribution in [0.4, 0.5) is 30.7 Å². The molecule has 0 aromatic heterocycles.